The van der Waals surface area contributed by atoms with Gasteiger partial charge in [-0.1, -0.05) is 41.4 Å². The molecule has 0 radical (unpaired) electrons. The van der Waals surface area contributed by atoms with Crippen LogP contribution in [0.3, 0.4) is 0 Å². The standard InChI is InChI=1S/C22H12Cl2F2N2O/c23-12-5-7-15(17(24)9-12)21-11-16(14-3-1-2-4-20(14)28-21)22(29)27-13-6-8-18(25)19(26)10-13/h1-11H,(H,27,29). The zero-order valence-electron chi connectivity index (χ0n) is 14.7. The van der Waals surface area contributed by atoms with Crippen molar-refractivity contribution in [2.75, 3.05) is 5.32 Å². The van der Waals surface area contributed by atoms with Crippen LogP contribution in [0.25, 0.3) is 22.2 Å². The Morgan fingerprint density at radius 3 is 2.45 bits per heavy atom. The maximum Gasteiger partial charge on any atom is 0.256 e. The number of halogens is 4. The smallest absolute Gasteiger partial charge is 0.256 e. The van der Waals surface area contributed by atoms with Crippen molar-refractivity contribution in [3.05, 3.63) is 94.0 Å². The Morgan fingerprint density at radius 1 is 0.897 bits per heavy atom. The Bertz CT molecular complexity index is 1260. The fraction of sp³-hybridized carbons (Fsp3) is 0. The molecule has 0 bridgehead atoms. The molecule has 1 N–H and O–H groups in total. The Hall–Kier alpha value is -3.02. The summed E-state index contributed by atoms with van der Waals surface area (Å²) in [7, 11) is 0. The zero-order valence-corrected chi connectivity index (χ0v) is 16.2. The molecule has 0 unspecified atom stereocenters. The van der Waals surface area contributed by atoms with Crippen LogP contribution in [0.15, 0.2) is 66.7 Å². The number of fused-ring (bicyclic) bond motifs is 1. The summed E-state index contributed by atoms with van der Waals surface area (Å²) in [5.74, 6) is -2.52. The highest BCUT2D eigenvalue weighted by atomic mass is 35.5. The number of pyridine rings is 1. The molecule has 0 saturated carbocycles. The summed E-state index contributed by atoms with van der Waals surface area (Å²) in [5.41, 5.74) is 2.15. The van der Waals surface area contributed by atoms with Crippen molar-refractivity contribution in [2.45, 2.75) is 0 Å². The number of hydrogen-bond donors (Lipinski definition) is 1. The number of aromatic nitrogens is 1. The van der Waals surface area contributed by atoms with Gasteiger partial charge in [0.2, 0.25) is 0 Å². The average Bonchev–Trinajstić information content (AvgIpc) is 2.70. The van der Waals surface area contributed by atoms with Crippen LogP contribution in [0, 0.1) is 11.6 Å². The second kappa shape index (κ2) is 7.78. The molecule has 0 saturated heterocycles. The lowest BCUT2D eigenvalue weighted by molar-refractivity contribution is 0.102. The highest BCUT2D eigenvalue weighted by Crippen LogP contribution is 2.32. The molecule has 4 aromatic rings. The number of rotatable bonds is 3. The molecule has 3 aromatic carbocycles. The minimum atomic E-state index is -1.05. The van der Waals surface area contributed by atoms with Gasteiger partial charge in [-0.2, -0.15) is 0 Å². The molecule has 0 spiro atoms. The van der Waals surface area contributed by atoms with Crippen molar-refractivity contribution in [1.29, 1.82) is 0 Å². The molecule has 1 heterocycles. The van der Waals surface area contributed by atoms with Crippen LogP contribution in [0.4, 0.5) is 14.5 Å². The third-order valence-electron chi connectivity index (χ3n) is 4.35. The number of anilines is 1. The molecular formula is C22H12Cl2F2N2O. The molecular weight excluding hydrogens is 417 g/mol. The van der Waals surface area contributed by atoms with E-state index in [1.807, 2.05) is 0 Å². The van der Waals surface area contributed by atoms with Gasteiger partial charge in [0, 0.05) is 27.7 Å². The van der Waals surface area contributed by atoms with E-state index in [1.165, 1.54) is 6.07 Å². The van der Waals surface area contributed by atoms with E-state index in [0.717, 1.165) is 12.1 Å². The molecule has 3 nitrogen and oxygen atoms in total. The van der Waals surface area contributed by atoms with Crippen LogP contribution in [0.2, 0.25) is 10.0 Å². The molecule has 29 heavy (non-hydrogen) atoms. The molecule has 1 amide bonds. The first-order valence-electron chi connectivity index (χ1n) is 8.54. The van der Waals surface area contributed by atoms with Crippen LogP contribution in [-0.4, -0.2) is 10.9 Å². The summed E-state index contributed by atoms with van der Waals surface area (Å²) in [5, 5.41) is 4.08. The Morgan fingerprint density at radius 2 is 1.69 bits per heavy atom. The van der Waals surface area contributed by atoms with Gasteiger partial charge in [-0.05, 0) is 42.5 Å². The van der Waals surface area contributed by atoms with E-state index >= 15 is 0 Å². The SMILES string of the molecule is O=C(Nc1ccc(F)c(F)c1)c1cc(-c2ccc(Cl)cc2Cl)nc2ccccc12. The predicted molar refractivity (Wildman–Crippen MR) is 112 cm³/mol. The molecule has 0 fully saturated rings. The topological polar surface area (TPSA) is 42.0 Å². The van der Waals surface area contributed by atoms with Gasteiger partial charge in [-0.3, -0.25) is 4.79 Å². The molecule has 0 aliphatic rings. The minimum Gasteiger partial charge on any atom is -0.322 e. The van der Waals surface area contributed by atoms with Crippen LogP contribution < -0.4 is 5.32 Å². The number of amides is 1. The zero-order chi connectivity index (χ0) is 20.5. The lowest BCUT2D eigenvalue weighted by atomic mass is 10.0. The third kappa shape index (κ3) is 3.92. The third-order valence-corrected chi connectivity index (χ3v) is 4.89. The van der Waals surface area contributed by atoms with E-state index < -0.39 is 17.5 Å². The molecule has 1 aromatic heterocycles. The van der Waals surface area contributed by atoms with Crippen LogP contribution in [-0.2, 0) is 0 Å². The summed E-state index contributed by atoms with van der Waals surface area (Å²) in [6.45, 7) is 0. The first-order valence-corrected chi connectivity index (χ1v) is 9.29. The van der Waals surface area contributed by atoms with E-state index in [9.17, 15) is 13.6 Å². The normalized spacial score (nSPS) is 10.9. The predicted octanol–water partition coefficient (Wildman–Crippen LogP) is 6.74. The number of nitrogens with zero attached hydrogens (tertiary/aromatic N) is 1. The second-order valence-corrected chi connectivity index (χ2v) is 7.12. The van der Waals surface area contributed by atoms with Crippen LogP contribution >= 0.6 is 23.2 Å². The van der Waals surface area contributed by atoms with Crippen molar-refractivity contribution in [2.24, 2.45) is 0 Å². The van der Waals surface area contributed by atoms with Crippen molar-refractivity contribution in [3.8, 4) is 11.3 Å². The summed E-state index contributed by atoms with van der Waals surface area (Å²) in [6, 6.07) is 16.9. The van der Waals surface area contributed by atoms with E-state index in [1.54, 1.807) is 48.5 Å². The van der Waals surface area contributed by atoms with Gasteiger partial charge in [-0.25, -0.2) is 13.8 Å². The summed E-state index contributed by atoms with van der Waals surface area (Å²) in [4.78, 5) is 17.5. The largest absolute Gasteiger partial charge is 0.322 e. The van der Waals surface area contributed by atoms with Crippen LogP contribution in [0.5, 0.6) is 0 Å². The molecule has 0 atom stereocenters. The monoisotopic (exact) mass is 428 g/mol. The summed E-state index contributed by atoms with van der Waals surface area (Å²) < 4.78 is 26.6. The van der Waals surface area contributed by atoms with Gasteiger partial charge in [0.05, 0.1) is 21.8 Å². The van der Waals surface area contributed by atoms with Crippen molar-refractivity contribution in [3.63, 3.8) is 0 Å². The van der Waals surface area contributed by atoms with E-state index in [4.69, 9.17) is 23.2 Å². The quantitative estimate of drug-likeness (QED) is 0.392. The lowest BCUT2D eigenvalue weighted by Crippen LogP contribution is -2.13. The van der Waals surface area contributed by atoms with Crippen molar-refractivity contribution in [1.82, 2.24) is 4.98 Å². The minimum absolute atomic E-state index is 0.140. The van der Waals surface area contributed by atoms with Gasteiger partial charge in [-0.15, -0.1) is 0 Å². The lowest BCUT2D eigenvalue weighted by Gasteiger charge is -2.12. The number of carbonyl (C=O) groups is 1. The summed E-state index contributed by atoms with van der Waals surface area (Å²) >= 11 is 12.3. The van der Waals surface area contributed by atoms with Crippen molar-refractivity contribution < 1.29 is 13.6 Å². The van der Waals surface area contributed by atoms with E-state index in [2.05, 4.69) is 10.3 Å². The number of benzene rings is 3. The number of nitrogens with one attached hydrogen (secondary N) is 1. The Labute approximate surface area is 174 Å². The fourth-order valence-corrected chi connectivity index (χ4v) is 3.48. The number of para-hydroxylation sites is 1. The highest BCUT2D eigenvalue weighted by molar-refractivity contribution is 6.36. The average molecular weight is 429 g/mol. The second-order valence-electron chi connectivity index (χ2n) is 6.28. The maximum absolute atomic E-state index is 13.5. The maximum atomic E-state index is 13.5. The van der Waals surface area contributed by atoms with Gasteiger partial charge in [0.1, 0.15) is 0 Å². The Balaban J connectivity index is 1.82. The van der Waals surface area contributed by atoms with Gasteiger partial charge in [0.15, 0.2) is 11.6 Å². The summed E-state index contributed by atoms with van der Waals surface area (Å²) in [6.07, 6.45) is 0. The van der Waals surface area contributed by atoms with Crippen LogP contribution in [0.1, 0.15) is 10.4 Å². The first-order chi connectivity index (χ1) is 13.9. The van der Waals surface area contributed by atoms with E-state index in [-0.39, 0.29) is 5.69 Å². The number of hydrogen-bond acceptors (Lipinski definition) is 2. The number of carbonyl (C=O) groups excluding carboxylic acids is 1. The molecule has 7 heteroatoms. The van der Waals surface area contributed by atoms with Gasteiger partial charge >= 0.3 is 0 Å². The van der Waals surface area contributed by atoms with E-state index in [0.29, 0.717) is 37.8 Å². The van der Waals surface area contributed by atoms with Crippen molar-refractivity contribution >= 4 is 45.7 Å². The van der Waals surface area contributed by atoms with Gasteiger partial charge in [0.25, 0.3) is 5.91 Å². The molecule has 4 rings (SSSR count). The highest BCUT2D eigenvalue weighted by Gasteiger charge is 2.16. The molecule has 0 aliphatic carbocycles. The first kappa shape index (κ1) is 19.3. The molecule has 0 aliphatic heterocycles. The molecule has 144 valence electrons. The Kier molecular flexibility index (Phi) is 5.18. The fourth-order valence-electron chi connectivity index (χ4n) is 2.97. The van der Waals surface area contributed by atoms with Gasteiger partial charge < -0.3 is 5.32 Å².